The summed E-state index contributed by atoms with van der Waals surface area (Å²) in [4.78, 5) is 19.4. The average Bonchev–Trinajstić information content (AvgIpc) is 3.23. The van der Waals surface area contributed by atoms with Crippen molar-refractivity contribution in [1.29, 1.82) is 0 Å². The molecule has 6 heteroatoms. The number of hydrogen-bond acceptors (Lipinski definition) is 4. The van der Waals surface area contributed by atoms with Crippen molar-refractivity contribution in [2.24, 2.45) is 0 Å². The molecule has 1 amide bonds. The van der Waals surface area contributed by atoms with Gasteiger partial charge in [0.05, 0.1) is 10.7 Å². The first-order chi connectivity index (χ1) is 11.1. The van der Waals surface area contributed by atoms with E-state index >= 15 is 0 Å². The molecule has 23 heavy (non-hydrogen) atoms. The topological polar surface area (TPSA) is 51.0 Å². The Morgan fingerprint density at radius 1 is 1.48 bits per heavy atom. The van der Waals surface area contributed by atoms with Crippen LogP contribution in [0.5, 0.6) is 0 Å². The lowest BCUT2D eigenvalue weighted by Gasteiger charge is -2.31. The summed E-state index contributed by atoms with van der Waals surface area (Å²) in [5.41, 5.74) is 1.71. The van der Waals surface area contributed by atoms with Gasteiger partial charge in [0.1, 0.15) is 5.69 Å². The molecule has 5 nitrogen and oxygen atoms in total. The summed E-state index contributed by atoms with van der Waals surface area (Å²) in [6.07, 6.45) is 4.00. The molecule has 124 valence electrons. The maximum atomic E-state index is 13.0. The summed E-state index contributed by atoms with van der Waals surface area (Å²) < 4.78 is 1.84. The van der Waals surface area contributed by atoms with Crippen LogP contribution in [0.25, 0.3) is 0 Å². The maximum absolute atomic E-state index is 13.0. The minimum absolute atomic E-state index is 0.104. The Morgan fingerprint density at radius 2 is 2.30 bits per heavy atom. The van der Waals surface area contributed by atoms with Crippen molar-refractivity contribution < 1.29 is 4.79 Å². The molecule has 1 atom stereocenters. The van der Waals surface area contributed by atoms with Gasteiger partial charge >= 0.3 is 0 Å². The lowest BCUT2D eigenvalue weighted by atomic mass is 9.98. The van der Waals surface area contributed by atoms with E-state index in [4.69, 9.17) is 0 Å². The van der Waals surface area contributed by atoms with Gasteiger partial charge in [0.25, 0.3) is 5.91 Å². The smallest absolute Gasteiger partial charge is 0.272 e. The fourth-order valence-corrected chi connectivity index (χ4v) is 3.86. The molecule has 0 aliphatic carbocycles. The Morgan fingerprint density at radius 3 is 2.96 bits per heavy atom. The lowest BCUT2D eigenvalue weighted by molar-refractivity contribution is 0.0694. The van der Waals surface area contributed by atoms with Gasteiger partial charge in [0.15, 0.2) is 0 Å². The number of hydrogen-bond donors (Lipinski definition) is 0. The van der Waals surface area contributed by atoms with Gasteiger partial charge in [-0.25, -0.2) is 4.98 Å². The third-order valence-electron chi connectivity index (χ3n) is 4.42. The van der Waals surface area contributed by atoms with Crippen LogP contribution in [0.1, 0.15) is 66.6 Å². The van der Waals surface area contributed by atoms with Crippen LogP contribution in [0.2, 0.25) is 0 Å². The predicted molar refractivity (Wildman–Crippen MR) is 92.0 cm³/mol. The zero-order valence-electron chi connectivity index (χ0n) is 14.0. The summed E-state index contributed by atoms with van der Waals surface area (Å²) in [6.45, 7) is 8.55. The fourth-order valence-electron chi connectivity index (χ4n) is 3.09. The van der Waals surface area contributed by atoms with Gasteiger partial charge in [-0.15, -0.1) is 11.3 Å². The van der Waals surface area contributed by atoms with Crippen LogP contribution in [0, 0.1) is 0 Å². The third kappa shape index (κ3) is 3.32. The number of likely N-dealkylation sites (tertiary alicyclic amines) is 1. The van der Waals surface area contributed by atoms with Crippen LogP contribution in [-0.4, -0.2) is 38.7 Å². The number of rotatable bonds is 4. The molecule has 3 heterocycles. The summed E-state index contributed by atoms with van der Waals surface area (Å²) in [6, 6.07) is 1.96. The molecular weight excluding hydrogens is 308 g/mol. The Labute approximate surface area is 141 Å². The van der Waals surface area contributed by atoms with E-state index in [1.54, 1.807) is 11.3 Å². The number of nitrogens with zero attached hydrogens (tertiary/aromatic N) is 4. The molecule has 0 spiro atoms. The van der Waals surface area contributed by atoms with E-state index in [9.17, 15) is 4.79 Å². The van der Waals surface area contributed by atoms with E-state index in [0.717, 1.165) is 48.9 Å². The molecule has 0 saturated carbocycles. The molecule has 1 unspecified atom stereocenters. The predicted octanol–water partition coefficient (Wildman–Crippen LogP) is 3.50. The van der Waals surface area contributed by atoms with Crippen molar-refractivity contribution in [2.75, 3.05) is 13.1 Å². The highest BCUT2D eigenvalue weighted by atomic mass is 32.1. The second kappa shape index (κ2) is 6.83. The van der Waals surface area contributed by atoms with Crippen LogP contribution >= 0.6 is 11.3 Å². The normalized spacial score (nSPS) is 18.6. The Kier molecular flexibility index (Phi) is 4.80. The first-order valence-corrected chi connectivity index (χ1v) is 9.24. The van der Waals surface area contributed by atoms with Gasteiger partial charge in [-0.3, -0.25) is 9.48 Å². The monoisotopic (exact) mass is 332 g/mol. The quantitative estimate of drug-likeness (QED) is 0.861. The van der Waals surface area contributed by atoms with Crippen molar-refractivity contribution in [1.82, 2.24) is 19.7 Å². The second-order valence-corrected chi connectivity index (χ2v) is 7.31. The van der Waals surface area contributed by atoms with E-state index in [1.807, 2.05) is 34.1 Å². The standard InChI is InChI=1S/C17H24N4OS/c1-4-21-15(10-14(19-21)12(2)3)17(22)20-8-5-6-13(11-20)16-18-7-9-23-16/h7,9-10,12-13H,4-6,8,11H2,1-3H3. The largest absolute Gasteiger partial charge is 0.337 e. The average molecular weight is 332 g/mol. The molecular formula is C17H24N4OS. The van der Waals surface area contributed by atoms with E-state index in [2.05, 4.69) is 23.9 Å². The molecule has 0 bridgehead atoms. The van der Waals surface area contributed by atoms with E-state index in [-0.39, 0.29) is 5.91 Å². The number of thiazole rings is 1. The number of aromatic nitrogens is 3. The minimum atomic E-state index is 0.104. The van der Waals surface area contributed by atoms with Gasteiger partial charge in [0.2, 0.25) is 0 Å². The highest BCUT2D eigenvalue weighted by molar-refractivity contribution is 7.09. The molecule has 2 aromatic rings. The Bertz CT molecular complexity index is 662. The fraction of sp³-hybridized carbons (Fsp3) is 0.588. The molecule has 3 rings (SSSR count). The van der Waals surface area contributed by atoms with Gasteiger partial charge < -0.3 is 4.90 Å². The van der Waals surface area contributed by atoms with Gasteiger partial charge in [-0.1, -0.05) is 13.8 Å². The van der Waals surface area contributed by atoms with Crippen molar-refractivity contribution >= 4 is 17.2 Å². The SMILES string of the molecule is CCn1nc(C(C)C)cc1C(=O)N1CCCC(c2nccs2)C1. The minimum Gasteiger partial charge on any atom is -0.337 e. The molecule has 0 radical (unpaired) electrons. The van der Waals surface area contributed by atoms with Gasteiger partial charge in [-0.2, -0.15) is 5.10 Å². The molecule has 1 saturated heterocycles. The Balaban J connectivity index is 1.79. The number of carbonyl (C=O) groups is 1. The molecule has 1 aliphatic rings. The summed E-state index contributed by atoms with van der Waals surface area (Å²) >= 11 is 1.69. The zero-order valence-corrected chi connectivity index (χ0v) is 14.8. The van der Waals surface area contributed by atoms with E-state index in [0.29, 0.717) is 11.8 Å². The molecule has 1 aliphatic heterocycles. The zero-order chi connectivity index (χ0) is 16.4. The maximum Gasteiger partial charge on any atom is 0.272 e. The third-order valence-corrected chi connectivity index (χ3v) is 5.36. The van der Waals surface area contributed by atoms with Crippen LogP contribution in [0.15, 0.2) is 17.6 Å². The summed E-state index contributed by atoms with van der Waals surface area (Å²) in [7, 11) is 0. The van der Waals surface area contributed by atoms with Crippen LogP contribution in [-0.2, 0) is 6.54 Å². The van der Waals surface area contributed by atoms with Crippen LogP contribution < -0.4 is 0 Å². The highest BCUT2D eigenvalue weighted by Crippen LogP contribution is 2.29. The number of aryl methyl sites for hydroxylation is 1. The number of carbonyl (C=O) groups excluding carboxylic acids is 1. The number of piperidine rings is 1. The molecule has 0 N–H and O–H groups in total. The summed E-state index contributed by atoms with van der Waals surface area (Å²) in [5.74, 6) is 0.807. The van der Waals surface area contributed by atoms with Gasteiger partial charge in [0, 0.05) is 37.1 Å². The van der Waals surface area contributed by atoms with Crippen molar-refractivity contribution in [2.45, 2.75) is 52.0 Å². The Hall–Kier alpha value is -1.69. The first kappa shape index (κ1) is 16.2. The molecule has 1 fully saturated rings. The van der Waals surface area contributed by atoms with E-state index in [1.165, 1.54) is 0 Å². The van der Waals surface area contributed by atoms with Crippen molar-refractivity contribution in [3.63, 3.8) is 0 Å². The summed E-state index contributed by atoms with van der Waals surface area (Å²) in [5, 5.41) is 7.73. The molecule has 2 aromatic heterocycles. The molecule has 0 aromatic carbocycles. The number of amides is 1. The van der Waals surface area contributed by atoms with E-state index < -0.39 is 0 Å². The van der Waals surface area contributed by atoms with Crippen molar-refractivity contribution in [3.05, 3.63) is 34.0 Å². The van der Waals surface area contributed by atoms with Crippen LogP contribution in [0.3, 0.4) is 0 Å². The lowest BCUT2D eigenvalue weighted by Crippen LogP contribution is -2.40. The first-order valence-electron chi connectivity index (χ1n) is 8.36. The van der Waals surface area contributed by atoms with Gasteiger partial charge in [-0.05, 0) is 31.7 Å². The van der Waals surface area contributed by atoms with Crippen molar-refractivity contribution in [3.8, 4) is 0 Å². The van der Waals surface area contributed by atoms with Crippen LogP contribution in [0.4, 0.5) is 0 Å². The second-order valence-electron chi connectivity index (χ2n) is 6.39. The highest BCUT2D eigenvalue weighted by Gasteiger charge is 2.28.